The lowest BCUT2D eigenvalue weighted by atomic mass is 10.2. The maximum atomic E-state index is 11.4. The molecule has 7 aromatic heterocycles. The van der Waals surface area contributed by atoms with Gasteiger partial charge in [0.05, 0.1) is 44.1 Å². The summed E-state index contributed by atoms with van der Waals surface area (Å²) in [6.07, 6.45) is 13.5. The van der Waals surface area contributed by atoms with Crippen molar-refractivity contribution in [2.24, 2.45) is 0 Å². The molecule has 11 rings (SSSR count). The van der Waals surface area contributed by atoms with Gasteiger partial charge in [-0.05, 0) is 137 Å². The van der Waals surface area contributed by atoms with E-state index in [0.717, 1.165) is 96.3 Å². The smallest absolute Gasteiger partial charge is 0.251 e. The van der Waals surface area contributed by atoms with E-state index in [1.54, 1.807) is 63.4 Å². The van der Waals surface area contributed by atoms with Crippen LogP contribution in [-0.2, 0) is 16.8 Å². The van der Waals surface area contributed by atoms with E-state index < -0.39 is 0 Å². The first kappa shape index (κ1) is 68.7. The number of hydrogen-bond acceptors (Lipinski definition) is 19. The molecule has 0 aliphatic rings. The van der Waals surface area contributed by atoms with E-state index in [4.69, 9.17) is 10.2 Å². The zero-order valence-corrected chi connectivity index (χ0v) is 52.4. The van der Waals surface area contributed by atoms with Crippen LogP contribution in [-0.4, -0.2) is 118 Å². The lowest BCUT2D eigenvalue weighted by molar-refractivity contribution is 0.318. The average molecular weight is 1260 g/mol. The summed E-state index contributed by atoms with van der Waals surface area (Å²) in [4.78, 5) is 88.7. The van der Waals surface area contributed by atoms with Crippen molar-refractivity contribution in [3.63, 3.8) is 0 Å². The summed E-state index contributed by atoms with van der Waals surface area (Å²) in [5.41, 5.74) is 13.8. The highest BCUT2D eigenvalue weighted by atomic mass is 79.9. The highest BCUT2D eigenvalue weighted by Crippen LogP contribution is 2.22. The molecule has 11 aromatic rings. The molecule has 24 heteroatoms. The van der Waals surface area contributed by atoms with E-state index >= 15 is 0 Å². The molecule has 84 heavy (non-hydrogen) atoms. The van der Waals surface area contributed by atoms with Gasteiger partial charge >= 0.3 is 0 Å². The Balaban J connectivity index is 0.000000221. The summed E-state index contributed by atoms with van der Waals surface area (Å²) < 4.78 is 0.375. The molecule has 0 bridgehead atoms. The number of fused-ring (bicyclic) bond motifs is 4. The van der Waals surface area contributed by atoms with Crippen molar-refractivity contribution in [2.45, 2.75) is 82.5 Å². The summed E-state index contributed by atoms with van der Waals surface area (Å²) in [5, 5.41) is 16.7. The first-order valence-corrected chi connectivity index (χ1v) is 29.9. The van der Waals surface area contributed by atoms with Crippen molar-refractivity contribution in [1.82, 2.24) is 74.7 Å². The number of aryl methyl sites for hydroxylation is 4. The molecule has 0 saturated carbocycles. The zero-order valence-electron chi connectivity index (χ0n) is 48.4. The monoisotopic (exact) mass is 1260 g/mol. The Bertz CT molecular complexity index is 3830. The van der Waals surface area contributed by atoms with Gasteiger partial charge in [0.2, 0.25) is 0 Å². The molecule has 0 spiro atoms. The summed E-state index contributed by atoms with van der Waals surface area (Å²) in [6, 6.07) is 28.5. The van der Waals surface area contributed by atoms with Crippen LogP contribution in [0.3, 0.4) is 0 Å². The van der Waals surface area contributed by atoms with E-state index in [0.29, 0.717) is 15.1 Å². The van der Waals surface area contributed by atoms with Crippen LogP contribution in [0.1, 0.15) is 67.0 Å². The van der Waals surface area contributed by atoms with Crippen LogP contribution in [0.5, 0.6) is 0 Å². The van der Waals surface area contributed by atoms with Gasteiger partial charge < -0.3 is 30.1 Å². The van der Waals surface area contributed by atoms with Crippen LogP contribution in [0.2, 0.25) is 0 Å². The minimum absolute atomic E-state index is 0.121. The van der Waals surface area contributed by atoms with E-state index in [2.05, 4.69) is 124 Å². The molecule has 0 fully saturated rings. The highest BCUT2D eigenvalue weighted by Gasteiger charge is 2.05. The average Bonchev–Trinajstić information content (AvgIpc) is 3.71. The van der Waals surface area contributed by atoms with Gasteiger partial charge in [-0.2, -0.15) is 0 Å². The Morgan fingerprint density at radius 1 is 0.464 bits per heavy atom. The van der Waals surface area contributed by atoms with Gasteiger partial charge in [-0.3, -0.25) is 59.2 Å². The van der Waals surface area contributed by atoms with Gasteiger partial charge in [0.1, 0.15) is 0 Å². The number of nitrogens with one attached hydrogen (secondary N) is 4. The molecule has 4 aromatic carbocycles. The fraction of sp³-hybridized carbons (Fsp3) is 0.267. The number of nitrogens with zero attached hydrogens (tertiary/aromatic N) is 11. The lowest BCUT2D eigenvalue weighted by Gasteiger charge is -2.13. The highest BCUT2D eigenvalue weighted by molar-refractivity contribution is 9.08. The van der Waals surface area contributed by atoms with E-state index in [-0.39, 0.29) is 23.3 Å². The summed E-state index contributed by atoms with van der Waals surface area (Å²) in [5.74, 6) is 1.44. The molecule has 0 atom stereocenters. The second kappa shape index (κ2) is 38.1. The van der Waals surface area contributed by atoms with Gasteiger partial charge in [-0.15, -0.1) is 0 Å². The lowest BCUT2D eigenvalue weighted by Crippen LogP contribution is -2.21. The Kier molecular flexibility index (Phi) is 31.1. The van der Waals surface area contributed by atoms with Crippen molar-refractivity contribution in [3.05, 3.63) is 216 Å². The number of aliphatic hydroxyl groups excluding tert-OH is 2. The molecule has 0 aliphatic heterocycles. The van der Waals surface area contributed by atoms with Gasteiger partial charge in [-0.1, -0.05) is 84.5 Å². The molecule has 7 heterocycles. The molecule has 0 unspecified atom stereocenters. The second-order valence-corrected chi connectivity index (χ2v) is 20.4. The van der Waals surface area contributed by atoms with Crippen LogP contribution < -0.4 is 16.7 Å². The summed E-state index contributed by atoms with van der Waals surface area (Å²) in [7, 11) is 1.00. The molecular formula is C60H70BrN15O5S3. The first-order valence-electron chi connectivity index (χ1n) is 26.4. The van der Waals surface area contributed by atoms with Gasteiger partial charge in [-0.25, -0.2) is 9.97 Å². The van der Waals surface area contributed by atoms with Crippen LogP contribution in [0.25, 0.3) is 44.1 Å². The zero-order chi connectivity index (χ0) is 61.2. The van der Waals surface area contributed by atoms with Crippen LogP contribution in [0.15, 0.2) is 165 Å². The van der Waals surface area contributed by atoms with Crippen molar-refractivity contribution in [3.8, 4) is 0 Å². The molecule has 0 saturated heterocycles. The summed E-state index contributed by atoms with van der Waals surface area (Å²) in [6.45, 7) is 19.5. The maximum absolute atomic E-state index is 11.4. The SMILES string of the molecule is BrCc1ccc2nccnc2c1.CCN(CC)CC.CCO.CO.Cc1cc(=O)[nH]c(=S)[nH]1.Cc1cc(=O)[nH]c(SCc2ccc3nccnc3c2)n1.Cc1cc(=O)[nH]c(SCc2ccc3nccnc3c2)n1.Cc1ccc2nccnc2c1. The van der Waals surface area contributed by atoms with Gasteiger partial charge in [0.25, 0.3) is 16.7 Å². The third-order valence-electron chi connectivity index (χ3n) is 11.1. The molecule has 20 nitrogen and oxygen atoms in total. The fourth-order valence-corrected chi connectivity index (χ4v) is 9.51. The number of hydrogen-bond donors (Lipinski definition) is 6. The minimum Gasteiger partial charge on any atom is -0.400 e. The predicted molar refractivity (Wildman–Crippen MR) is 345 cm³/mol. The van der Waals surface area contributed by atoms with Crippen molar-refractivity contribution >= 4 is 95.8 Å². The second-order valence-electron chi connectivity index (χ2n) is 17.5. The first-order chi connectivity index (χ1) is 40.6. The van der Waals surface area contributed by atoms with Gasteiger partial charge in [0.15, 0.2) is 15.1 Å². The van der Waals surface area contributed by atoms with Gasteiger partial charge in [0, 0.05) is 115 Å². The van der Waals surface area contributed by atoms with E-state index in [1.807, 2.05) is 93.6 Å². The Morgan fingerprint density at radius 2 is 0.798 bits per heavy atom. The third kappa shape index (κ3) is 24.9. The standard InChI is InChI=1S/2C14H12N4OS.C9H7BrN2.C9H8N2.C6H15N.C5H6N2OS.C2H6O.CH4O/c2*1-9-6-13(19)18-14(17-9)20-8-10-2-3-11-12(7-10)16-5-4-15-11;10-6-7-1-2-8-9(5-7)12-4-3-11-8;1-7-2-3-8-9(6-7)11-5-4-10-8;1-4-7(5-2)6-3;1-3-2-4(8)7-5(9)6-3;1-2-3;1-2/h2*2-7H,8H2,1H3,(H,17,18,19);1-5H,6H2;2-6H,1H3;4-6H2,1-3H3;2H,1H3,(H2,6,7,8,9);3H,2H2,1H3;2H,1H3. The van der Waals surface area contributed by atoms with E-state index in [1.165, 1.54) is 72.5 Å². The number of alkyl halides is 1. The van der Waals surface area contributed by atoms with Crippen LogP contribution >= 0.6 is 51.7 Å². The largest absolute Gasteiger partial charge is 0.400 e. The van der Waals surface area contributed by atoms with Crippen LogP contribution in [0, 0.1) is 32.5 Å². The molecule has 6 N–H and O–H groups in total. The molecule has 0 radical (unpaired) electrons. The van der Waals surface area contributed by atoms with Crippen molar-refractivity contribution < 1.29 is 10.2 Å². The molecular weight excluding hydrogens is 1190 g/mol. The summed E-state index contributed by atoms with van der Waals surface area (Å²) >= 11 is 11.1. The molecule has 0 aliphatic carbocycles. The number of thioether (sulfide) groups is 2. The molecule has 440 valence electrons. The fourth-order valence-electron chi connectivity index (χ4n) is 7.17. The number of halogens is 1. The number of H-pyrrole nitrogens is 4. The van der Waals surface area contributed by atoms with Crippen molar-refractivity contribution in [1.29, 1.82) is 0 Å². The minimum atomic E-state index is -0.156. The quantitative estimate of drug-likeness (QED) is 0.0321. The van der Waals surface area contributed by atoms with Crippen molar-refractivity contribution in [2.75, 3.05) is 33.4 Å². The topological polar surface area (TPSA) is 287 Å². The number of benzene rings is 4. The maximum Gasteiger partial charge on any atom is 0.251 e. The number of rotatable bonds is 10. The Hall–Kier alpha value is -7.84. The number of aromatic amines is 4. The molecule has 0 amide bonds. The number of aliphatic hydroxyl groups is 2. The Morgan fingerprint density at radius 3 is 1.13 bits per heavy atom. The number of aromatic nitrogens is 14. The predicted octanol–water partition coefficient (Wildman–Crippen LogP) is 10.8. The third-order valence-corrected chi connectivity index (χ3v) is 13.8. The van der Waals surface area contributed by atoms with E-state index in [9.17, 15) is 14.4 Å². The normalized spacial score (nSPS) is 10.2. The van der Waals surface area contributed by atoms with Crippen LogP contribution in [0.4, 0.5) is 0 Å². The Labute approximate surface area is 509 Å².